The predicted octanol–water partition coefficient (Wildman–Crippen LogP) is 2.40. The topological polar surface area (TPSA) is 48.1 Å². The van der Waals surface area contributed by atoms with Crippen molar-refractivity contribution < 1.29 is 4.74 Å². The van der Waals surface area contributed by atoms with Gasteiger partial charge in [0.1, 0.15) is 10.8 Å². The van der Waals surface area contributed by atoms with Crippen LogP contribution in [0.2, 0.25) is 0 Å². The summed E-state index contributed by atoms with van der Waals surface area (Å²) in [5, 5.41) is 0.732. The van der Waals surface area contributed by atoms with E-state index in [1.807, 2.05) is 30.3 Å². The van der Waals surface area contributed by atoms with Gasteiger partial charge in [0.05, 0.1) is 12.8 Å². The third-order valence-corrected chi connectivity index (χ3v) is 2.53. The largest absolute Gasteiger partial charge is 0.497 e. The second kappa shape index (κ2) is 3.67. The van der Waals surface area contributed by atoms with Crippen molar-refractivity contribution in [1.82, 2.24) is 4.37 Å². The molecule has 0 saturated heterocycles. The van der Waals surface area contributed by atoms with E-state index in [0.29, 0.717) is 0 Å². The van der Waals surface area contributed by atoms with E-state index in [-0.39, 0.29) is 0 Å². The Balaban J connectivity index is 2.33. The summed E-state index contributed by atoms with van der Waals surface area (Å²) < 4.78 is 9.29. The van der Waals surface area contributed by atoms with Crippen LogP contribution in [0.5, 0.6) is 5.75 Å². The first kappa shape index (κ1) is 9.02. The molecule has 0 aliphatic heterocycles. The molecule has 14 heavy (non-hydrogen) atoms. The molecule has 0 radical (unpaired) electrons. The Morgan fingerprint density at radius 3 is 2.50 bits per heavy atom. The van der Waals surface area contributed by atoms with Gasteiger partial charge in [-0.05, 0) is 35.8 Å². The van der Waals surface area contributed by atoms with Gasteiger partial charge in [-0.15, -0.1) is 0 Å². The lowest BCUT2D eigenvalue weighted by atomic mass is 10.1. The molecular weight excluding hydrogens is 196 g/mol. The molecule has 4 heteroatoms. The molecule has 0 atom stereocenters. The summed E-state index contributed by atoms with van der Waals surface area (Å²) in [6.07, 6.45) is 0. The first-order valence-corrected chi connectivity index (χ1v) is 4.93. The Morgan fingerprint density at radius 1 is 1.29 bits per heavy atom. The maximum atomic E-state index is 5.60. The molecule has 72 valence electrons. The van der Waals surface area contributed by atoms with Crippen molar-refractivity contribution in [2.45, 2.75) is 0 Å². The quantitative estimate of drug-likeness (QED) is 0.820. The molecule has 1 aromatic heterocycles. The Morgan fingerprint density at radius 2 is 2.00 bits per heavy atom. The Labute approximate surface area is 86.3 Å². The van der Waals surface area contributed by atoms with Crippen molar-refractivity contribution in [3.8, 4) is 17.0 Å². The van der Waals surface area contributed by atoms with Gasteiger partial charge in [0, 0.05) is 11.6 Å². The molecule has 2 aromatic rings. The van der Waals surface area contributed by atoms with Crippen LogP contribution in [0.1, 0.15) is 0 Å². The van der Waals surface area contributed by atoms with E-state index in [2.05, 4.69) is 4.37 Å². The molecule has 0 spiro atoms. The first-order valence-electron chi connectivity index (χ1n) is 4.16. The van der Waals surface area contributed by atoms with Crippen molar-refractivity contribution in [2.24, 2.45) is 0 Å². The summed E-state index contributed by atoms with van der Waals surface area (Å²) in [6.45, 7) is 0. The highest BCUT2D eigenvalue weighted by molar-refractivity contribution is 7.10. The SMILES string of the molecule is COc1ccc(-c2cc(N)sn2)cc1. The Kier molecular flexibility index (Phi) is 2.37. The monoisotopic (exact) mass is 206 g/mol. The summed E-state index contributed by atoms with van der Waals surface area (Å²) in [5.41, 5.74) is 7.57. The summed E-state index contributed by atoms with van der Waals surface area (Å²) in [5.74, 6) is 0.844. The summed E-state index contributed by atoms with van der Waals surface area (Å²) in [4.78, 5) is 0. The van der Waals surface area contributed by atoms with E-state index in [1.54, 1.807) is 7.11 Å². The molecule has 0 aliphatic rings. The van der Waals surface area contributed by atoms with Crippen molar-refractivity contribution in [2.75, 3.05) is 12.8 Å². The molecule has 1 heterocycles. The van der Waals surface area contributed by atoms with Crippen molar-refractivity contribution in [3.05, 3.63) is 30.3 Å². The van der Waals surface area contributed by atoms with Crippen molar-refractivity contribution in [1.29, 1.82) is 0 Å². The lowest BCUT2D eigenvalue weighted by Gasteiger charge is -1.99. The fourth-order valence-electron chi connectivity index (χ4n) is 1.19. The van der Waals surface area contributed by atoms with Gasteiger partial charge in [-0.1, -0.05) is 0 Å². The summed E-state index contributed by atoms with van der Waals surface area (Å²) >= 11 is 1.31. The van der Waals surface area contributed by atoms with Crippen LogP contribution in [0, 0.1) is 0 Å². The lowest BCUT2D eigenvalue weighted by Crippen LogP contribution is -1.82. The second-order valence-corrected chi connectivity index (χ2v) is 3.68. The Hall–Kier alpha value is -1.55. The second-order valence-electron chi connectivity index (χ2n) is 2.84. The molecule has 2 rings (SSSR count). The number of hydrogen-bond acceptors (Lipinski definition) is 4. The smallest absolute Gasteiger partial charge is 0.118 e. The zero-order valence-electron chi connectivity index (χ0n) is 7.73. The molecule has 0 unspecified atom stereocenters. The number of aromatic nitrogens is 1. The maximum absolute atomic E-state index is 5.60. The number of anilines is 1. The molecule has 2 N–H and O–H groups in total. The van der Waals surface area contributed by atoms with Crippen LogP contribution in [0.3, 0.4) is 0 Å². The van der Waals surface area contributed by atoms with Crippen LogP contribution < -0.4 is 10.5 Å². The van der Waals surface area contributed by atoms with Crippen molar-refractivity contribution >= 4 is 16.5 Å². The van der Waals surface area contributed by atoms with Crippen LogP contribution in [-0.2, 0) is 0 Å². The van der Waals surface area contributed by atoms with E-state index >= 15 is 0 Å². The molecule has 0 saturated carbocycles. The van der Waals surface area contributed by atoms with E-state index in [4.69, 9.17) is 10.5 Å². The van der Waals surface area contributed by atoms with Crippen LogP contribution in [-0.4, -0.2) is 11.5 Å². The first-order chi connectivity index (χ1) is 6.79. The molecule has 1 aromatic carbocycles. The third-order valence-electron chi connectivity index (χ3n) is 1.91. The van der Waals surface area contributed by atoms with E-state index in [9.17, 15) is 0 Å². The zero-order chi connectivity index (χ0) is 9.97. The molecule has 0 bridgehead atoms. The van der Waals surface area contributed by atoms with Crippen molar-refractivity contribution in [3.63, 3.8) is 0 Å². The summed E-state index contributed by atoms with van der Waals surface area (Å²) in [7, 11) is 1.65. The van der Waals surface area contributed by atoms with Crippen LogP contribution in [0.4, 0.5) is 5.00 Å². The van der Waals surface area contributed by atoms with Crippen LogP contribution in [0.25, 0.3) is 11.3 Å². The molecule has 0 fully saturated rings. The highest BCUT2D eigenvalue weighted by Gasteiger charge is 2.01. The van der Waals surface area contributed by atoms with Gasteiger partial charge >= 0.3 is 0 Å². The van der Waals surface area contributed by atoms with E-state index in [1.165, 1.54) is 11.5 Å². The van der Waals surface area contributed by atoms with E-state index < -0.39 is 0 Å². The van der Waals surface area contributed by atoms with Gasteiger partial charge in [-0.25, -0.2) is 0 Å². The molecule has 0 aliphatic carbocycles. The number of nitrogens with zero attached hydrogens (tertiary/aromatic N) is 1. The zero-order valence-corrected chi connectivity index (χ0v) is 8.54. The molecule has 0 amide bonds. The number of ether oxygens (including phenoxy) is 1. The van der Waals surface area contributed by atoms with Crippen LogP contribution in [0.15, 0.2) is 30.3 Å². The minimum Gasteiger partial charge on any atom is -0.497 e. The highest BCUT2D eigenvalue weighted by atomic mass is 32.1. The molecular formula is C10H10N2OS. The third kappa shape index (κ3) is 1.70. The maximum Gasteiger partial charge on any atom is 0.118 e. The minimum absolute atomic E-state index is 0.732. The van der Waals surface area contributed by atoms with Gasteiger partial charge in [-0.3, -0.25) is 0 Å². The average molecular weight is 206 g/mol. The summed E-state index contributed by atoms with van der Waals surface area (Å²) in [6, 6.07) is 9.61. The standard InChI is InChI=1S/C10H10N2OS/c1-13-8-4-2-7(3-5-8)9-6-10(11)14-12-9/h2-6H,11H2,1H3. The van der Waals surface area contributed by atoms with Crippen LogP contribution >= 0.6 is 11.5 Å². The van der Waals surface area contributed by atoms with E-state index in [0.717, 1.165) is 22.0 Å². The number of methoxy groups -OCH3 is 1. The predicted molar refractivity (Wildman–Crippen MR) is 58.5 cm³/mol. The highest BCUT2D eigenvalue weighted by Crippen LogP contribution is 2.24. The number of rotatable bonds is 2. The fraction of sp³-hybridized carbons (Fsp3) is 0.100. The van der Waals surface area contributed by atoms with Gasteiger partial charge < -0.3 is 10.5 Å². The minimum atomic E-state index is 0.732. The fourth-order valence-corrected chi connectivity index (χ4v) is 1.71. The number of hydrogen-bond donors (Lipinski definition) is 1. The number of nitrogen functional groups attached to an aromatic ring is 1. The molecule has 3 nitrogen and oxygen atoms in total. The normalized spacial score (nSPS) is 10.1. The average Bonchev–Trinajstić information content (AvgIpc) is 2.65. The van der Waals surface area contributed by atoms with Gasteiger partial charge in [0.25, 0.3) is 0 Å². The number of benzene rings is 1. The number of nitrogens with two attached hydrogens (primary N) is 1. The van der Waals surface area contributed by atoms with Gasteiger partial charge in [0.2, 0.25) is 0 Å². The lowest BCUT2D eigenvalue weighted by molar-refractivity contribution is 0.415. The van der Waals surface area contributed by atoms with Gasteiger partial charge in [-0.2, -0.15) is 4.37 Å². The van der Waals surface area contributed by atoms with Gasteiger partial charge in [0.15, 0.2) is 0 Å². The Bertz CT molecular complexity index is 422.